The van der Waals surface area contributed by atoms with E-state index in [0.29, 0.717) is 13.0 Å². The van der Waals surface area contributed by atoms with Gasteiger partial charge in [-0.25, -0.2) is 0 Å². The zero-order valence-electron chi connectivity index (χ0n) is 25.6. The van der Waals surface area contributed by atoms with Crippen LogP contribution in [-0.4, -0.2) is 37.0 Å². The number of hydrogen-bond acceptors (Lipinski definition) is 4. The quantitative estimate of drug-likeness (QED) is 0.0576. The normalized spacial score (nSPS) is 13.0. The van der Waals surface area contributed by atoms with Crippen LogP contribution in [0.2, 0.25) is 0 Å². The average molecular weight is 547 g/mol. The first kappa shape index (κ1) is 37.4. The summed E-state index contributed by atoms with van der Waals surface area (Å²) in [5, 5.41) is 9.51. The summed E-state index contributed by atoms with van der Waals surface area (Å²) in [5.74, 6) is -0.220. The zero-order valence-corrected chi connectivity index (χ0v) is 25.6. The molecule has 0 saturated heterocycles. The number of carbonyl (C=O) groups excluding carboxylic acids is 1. The summed E-state index contributed by atoms with van der Waals surface area (Å²) >= 11 is 0. The molecule has 1 atom stereocenters. The Bertz CT molecular complexity index is 620. The van der Waals surface area contributed by atoms with E-state index in [-0.39, 0.29) is 19.2 Å². The molecule has 0 aromatic carbocycles. The largest absolute Gasteiger partial charge is 0.457 e. The van der Waals surface area contributed by atoms with Crippen molar-refractivity contribution in [2.24, 2.45) is 0 Å². The van der Waals surface area contributed by atoms with Gasteiger partial charge in [0.05, 0.1) is 13.2 Å². The second-order valence-corrected chi connectivity index (χ2v) is 10.5. The predicted molar refractivity (Wildman–Crippen MR) is 168 cm³/mol. The molecule has 0 aromatic rings. The predicted octanol–water partition coefficient (Wildman–Crippen LogP) is 9.97. The molecule has 0 aliphatic rings. The number of allylic oxidation sites excluding steroid dienone is 8. The highest BCUT2D eigenvalue weighted by atomic mass is 16.6. The Kier molecular flexibility index (Phi) is 31.2. The first-order valence-corrected chi connectivity index (χ1v) is 16.2. The van der Waals surface area contributed by atoms with Crippen LogP contribution >= 0.6 is 0 Å². The lowest BCUT2D eigenvalue weighted by atomic mass is 10.1. The molecule has 1 unspecified atom stereocenters. The third-order valence-corrected chi connectivity index (χ3v) is 6.64. The van der Waals surface area contributed by atoms with E-state index < -0.39 is 6.10 Å². The van der Waals surface area contributed by atoms with Gasteiger partial charge in [0.2, 0.25) is 0 Å². The van der Waals surface area contributed by atoms with Crippen LogP contribution in [0.25, 0.3) is 0 Å². The summed E-state index contributed by atoms with van der Waals surface area (Å²) in [6.07, 6.45) is 40.0. The smallest absolute Gasteiger partial charge is 0.306 e. The van der Waals surface area contributed by atoms with Gasteiger partial charge in [-0.2, -0.15) is 0 Å². The monoisotopic (exact) mass is 546 g/mol. The van der Waals surface area contributed by atoms with Crippen molar-refractivity contribution in [2.75, 3.05) is 19.8 Å². The molecular formula is C35H62O4. The highest BCUT2D eigenvalue weighted by Gasteiger charge is 2.13. The number of carbonyl (C=O) groups is 1. The highest BCUT2D eigenvalue weighted by molar-refractivity contribution is 5.69. The van der Waals surface area contributed by atoms with Gasteiger partial charge in [0.25, 0.3) is 0 Å². The van der Waals surface area contributed by atoms with Crippen LogP contribution < -0.4 is 0 Å². The molecule has 0 bridgehead atoms. The molecule has 1 N–H and O–H groups in total. The number of unbranched alkanes of at least 4 members (excludes halogenated alkanes) is 13. The maximum Gasteiger partial charge on any atom is 0.306 e. The fourth-order valence-corrected chi connectivity index (χ4v) is 4.20. The minimum Gasteiger partial charge on any atom is -0.457 e. The van der Waals surface area contributed by atoms with Crippen molar-refractivity contribution in [3.05, 3.63) is 48.6 Å². The van der Waals surface area contributed by atoms with Crippen molar-refractivity contribution in [2.45, 2.75) is 148 Å². The third kappa shape index (κ3) is 30.7. The van der Waals surface area contributed by atoms with Crippen LogP contribution in [-0.2, 0) is 14.3 Å². The Morgan fingerprint density at radius 3 is 1.77 bits per heavy atom. The number of rotatable bonds is 29. The number of esters is 1. The second kappa shape index (κ2) is 32.6. The van der Waals surface area contributed by atoms with E-state index in [0.717, 1.165) is 57.8 Å². The molecule has 0 saturated carbocycles. The summed E-state index contributed by atoms with van der Waals surface area (Å²) < 4.78 is 11.0. The van der Waals surface area contributed by atoms with Crippen molar-refractivity contribution in [1.82, 2.24) is 0 Å². The van der Waals surface area contributed by atoms with Crippen LogP contribution in [0, 0.1) is 0 Å². The van der Waals surface area contributed by atoms with Gasteiger partial charge in [-0.3, -0.25) is 4.79 Å². The van der Waals surface area contributed by atoms with Crippen molar-refractivity contribution in [1.29, 1.82) is 0 Å². The Balaban J connectivity index is 3.50. The zero-order chi connectivity index (χ0) is 28.5. The van der Waals surface area contributed by atoms with Gasteiger partial charge >= 0.3 is 5.97 Å². The maximum atomic E-state index is 12.1. The molecular weight excluding hydrogens is 484 g/mol. The lowest BCUT2D eigenvalue weighted by Gasteiger charge is -2.15. The summed E-state index contributed by atoms with van der Waals surface area (Å²) in [5.41, 5.74) is 0. The fourth-order valence-electron chi connectivity index (χ4n) is 4.20. The molecule has 0 rings (SSSR count). The van der Waals surface area contributed by atoms with E-state index in [1.165, 1.54) is 64.2 Å². The highest BCUT2D eigenvalue weighted by Crippen LogP contribution is 2.11. The lowest BCUT2D eigenvalue weighted by Crippen LogP contribution is -2.27. The summed E-state index contributed by atoms with van der Waals surface area (Å²) in [7, 11) is 0. The van der Waals surface area contributed by atoms with Crippen LogP contribution in [0.5, 0.6) is 0 Å². The number of hydrogen-bond donors (Lipinski definition) is 1. The van der Waals surface area contributed by atoms with Gasteiger partial charge in [0, 0.05) is 13.0 Å². The molecule has 226 valence electrons. The van der Waals surface area contributed by atoms with Crippen molar-refractivity contribution in [3.8, 4) is 0 Å². The molecule has 0 heterocycles. The Morgan fingerprint density at radius 1 is 0.641 bits per heavy atom. The standard InChI is InChI=1S/C35H62O4/c1-3-5-7-9-11-13-15-16-17-18-19-21-23-25-27-29-31-38-33-34(32-36)39-35(37)30-28-26-24-22-20-14-12-10-8-6-4-2/h5,7,10-13,16-17,34,36H,3-4,6,8-9,14-15,18-33H2,1-2H3/b7-5-,12-10-,13-11-,17-16-. The minimum absolute atomic E-state index is 0.182. The molecule has 4 nitrogen and oxygen atoms in total. The first-order valence-electron chi connectivity index (χ1n) is 16.2. The topological polar surface area (TPSA) is 55.8 Å². The molecule has 0 radical (unpaired) electrons. The van der Waals surface area contributed by atoms with Crippen LogP contribution in [0.3, 0.4) is 0 Å². The summed E-state index contributed by atoms with van der Waals surface area (Å²) in [4.78, 5) is 12.1. The van der Waals surface area contributed by atoms with Gasteiger partial charge < -0.3 is 14.6 Å². The first-order chi connectivity index (χ1) is 19.2. The maximum absolute atomic E-state index is 12.1. The number of ether oxygens (including phenoxy) is 2. The Labute approximate surface area is 242 Å². The van der Waals surface area contributed by atoms with E-state index >= 15 is 0 Å². The van der Waals surface area contributed by atoms with E-state index in [1.807, 2.05) is 0 Å². The Morgan fingerprint density at radius 2 is 1.15 bits per heavy atom. The van der Waals surface area contributed by atoms with E-state index in [4.69, 9.17) is 9.47 Å². The number of aliphatic hydroxyl groups is 1. The van der Waals surface area contributed by atoms with Crippen LogP contribution in [0.1, 0.15) is 142 Å². The average Bonchev–Trinajstić information content (AvgIpc) is 2.94. The summed E-state index contributed by atoms with van der Waals surface area (Å²) in [6, 6.07) is 0. The van der Waals surface area contributed by atoms with Crippen LogP contribution in [0.4, 0.5) is 0 Å². The van der Waals surface area contributed by atoms with Gasteiger partial charge in [0.1, 0.15) is 6.10 Å². The molecule has 39 heavy (non-hydrogen) atoms. The molecule has 4 heteroatoms. The fraction of sp³-hybridized carbons (Fsp3) is 0.743. The van der Waals surface area contributed by atoms with E-state index in [2.05, 4.69) is 62.5 Å². The molecule has 0 spiro atoms. The summed E-state index contributed by atoms with van der Waals surface area (Å²) in [6.45, 7) is 5.14. The van der Waals surface area contributed by atoms with Crippen molar-refractivity contribution < 1.29 is 19.4 Å². The second-order valence-electron chi connectivity index (χ2n) is 10.5. The Hall–Kier alpha value is -1.65. The molecule has 0 aliphatic heterocycles. The number of aliphatic hydroxyl groups excluding tert-OH is 1. The van der Waals surface area contributed by atoms with E-state index in [1.54, 1.807) is 0 Å². The third-order valence-electron chi connectivity index (χ3n) is 6.64. The van der Waals surface area contributed by atoms with Gasteiger partial charge in [-0.15, -0.1) is 0 Å². The lowest BCUT2D eigenvalue weighted by molar-refractivity contribution is -0.154. The molecule has 0 amide bonds. The minimum atomic E-state index is -0.543. The van der Waals surface area contributed by atoms with Gasteiger partial charge in [0.15, 0.2) is 0 Å². The van der Waals surface area contributed by atoms with Crippen molar-refractivity contribution >= 4 is 5.97 Å². The molecule has 0 fully saturated rings. The van der Waals surface area contributed by atoms with Gasteiger partial charge in [-0.1, -0.05) is 120 Å². The van der Waals surface area contributed by atoms with E-state index in [9.17, 15) is 9.90 Å². The van der Waals surface area contributed by atoms with Crippen molar-refractivity contribution in [3.63, 3.8) is 0 Å². The van der Waals surface area contributed by atoms with Crippen LogP contribution in [0.15, 0.2) is 48.6 Å². The molecule has 0 aromatic heterocycles. The van der Waals surface area contributed by atoms with Gasteiger partial charge in [-0.05, 0) is 64.2 Å². The SMILES string of the molecule is CC/C=C\C/C=C\C/C=C\CCCCCCCCOCC(CO)OC(=O)CCCCCCC/C=C\CCCC. The molecule has 0 aliphatic carbocycles.